The highest BCUT2D eigenvalue weighted by Crippen LogP contribution is 2.30. The van der Waals surface area contributed by atoms with Gasteiger partial charge in [0.05, 0.1) is 5.56 Å². The lowest BCUT2D eigenvalue weighted by atomic mass is 10.3. The molecule has 0 saturated heterocycles. The molecule has 0 aromatic carbocycles. The molecule has 25 heavy (non-hydrogen) atoms. The standard InChI is InChI=1S/C14H12F3N5O2S/c1-20-9(5-11(23)21(2)13(20)24)7-25-12-19-18-10-4-3-8(6-22(10)12)14(15,16)17/h3-6H,7H2,1-2H3. The van der Waals surface area contributed by atoms with Crippen LogP contribution in [0.4, 0.5) is 13.2 Å². The molecule has 0 aliphatic carbocycles. The zero-order valence-electron chi connectivity index (χ0n) is 13.1. The SMILES string of the molecule is Cn1c(CSc2nnc3ccc(C(F)(F)F)cn23)cc(=O)n(C)c1=O. The number of hydrogen-bond acceptors (Lipinski definition) is 5. The first kappa shape index (κ1) is 17.3. The molecule has 0 atom stereocenters. The van der Waals surface area contributed by atoms with Gasteiger partial charge in [0.25, 0.3) is 5.56 Å². The molecule has 132 valence electrons. The van der Waals surface area contributed by atoms with Gasteiger partial charge in [-0.2, -0.15) is 13.2 Å². The van der Waals surface area contributed by atoms with E-state index >= 15 is 0 Å². The van der Waals surface area contributed by atoms with E-state index in [-0.39, 0.29) is 16.6 Å². The van der Waals surface area contributed by atoms with E-state index in [0.29, 0.717) is 5.69 Å². The fourth-order valence-corrected chi connectivity index (χ4v) is 3.13. The Kier molecular flexibility index (Phi) is 4.19. The lowest BCUT2D eigenvalue weighted by Crippen LogP contribution is -2.37. The molecule has 0 saturated carbocycles. The van der Waals surface area contributed by atoms with Crippen LogP contribution in [0.3, 0.4) is 0 Å². The van der Waals surface area contributed by atoms with Crippen molar-refractivity contribution >= 4 is 17.4 Å². The van der Waals surface area contributed by atoms with E-state index in [4.69, 9.17) is 0 Å². The summed E-state index contributed by atoms with van der Waals surface area (Å²) in [7, 11) is 2.88. The molecule has 0 bridgehead atoms. The number of alkyl halides is 3. The topological polar surface area (TPSA) is 74.2 Å². The van der Waals surface area contributed by atoms with Crippen LogP contribution in [0, 0.1) is 0 Å². The Hall–Kier alpha value is -2.56. The highest BCUT2D eigenvalue weighted by Gasteiger charge is 2.31. The third-order valence-corrected chi connectivity index (χ3v) is 4.65. The minimum absolute atomic E-state index is 0.179. The summed E-state index contributed by atoms with van der Waals surface area (Å²) in [5, 5.41) is 7.91. The summed E-state index contributed by atoms with van der Waals surface area (Å²) in [5.41, 5.74) is -1.05. The van der Waals surface area contributed by atoms with Crippen molar-refractivity contribution in [3.63, 3.8) is 0 Å². The van der Waals surface area contributed by atoms with Crippen molar-refractivity contribution in [1.82, 2.24) is 23.7 Å². The van der Waals surface area contributed by atoms with Crippen molar-refractivity contribution < 1.29 is 13.2 Å². The number of rotatable bonds is 3. The molecule has 7 nitrogen and oxygen atoms in total. The van der Waals surface area contributed by atoms with Crippen LogP contribution in [0.5, 0.6) is 0 Å². The summed E-state index contributed by atoms with van der Waals surface area (Å²) in [5.74, 6) is 0.179. The molecule has 0 aliphatic rings. The summed E-state index contributed by atoms with van der Waals surface area (Å²) >= 11 is 1.08. The molecule has 0 unspecified atom stereocenters. The fourth-order valence-electron chi connectivity index (χ4n) is 2.19. The van der Waals surface area contributed by atoms with Crippen LogP contribution in [0.1, 0.15) is 11.3 Å². The summed E-state index contributed by atoms with van der Waals surface area (Å²) in [6.45, 7) is 0. The van der Waals surface area contributed by atoms with Crippen molar-refractivity contribution in [2.24, 2.45) is 14.1 Å². The van der Waals surface area contributed by atoms with Gasteiger partial charge in [-0.1, -0.05) is 11.8 Å². The molecule has 0 fully saturated rings. The maximum Gasteiger partial charge on any atom is 0.417 e. The first-order valence-electron chi connectivity index (χ1n) is 6.99. The van der Waals surface area contributed by atoms with Crippen molar-refractivity contribution in [2.75, 3.05) is 0 Å². The maximum atomic E-state index is 12.8. The van der Waals surface area contributed by atoms with E-state index in [1.165, 1.54) is 35.2 Å². The molecule has 0 spiro atoms. The Labute approximate surface area is 142 Å². The van der Waals surface area contributed by atoms with Gasteiger partial charge in [-0.15, -0.1) is 10.2 Å². The first-order chi connectivity index (χ1) is 11.7. The van der Waals surface area contributed by atoms with Gasteiger partial charge in [0, 0.05) is 37.8 Å². The normalized spacial score (nSPS) is 12.0. The molecular formula is C14H12F3N5O2S. The van der Waals surface area contributed by atoms with E-state index in [9.17, 15) is 22.8 Å². The minimum Gasteiger partial charge on any atom is -0.300 e. The molecule has 11 heteroatoms. The van der Waals surface area contributed by atoms with Gasteiger partial charge in [-0.25, -0.2) is 4.79 Å². The quantitative estimate of drug-likeness (QED) is 0.652. The Balaban J connectivity index is 1.94. The predicted octanol–water partition coefficient (Wildman–Crippen LogP) is 1.44. The highest BCUT2D eigenvalue weighted by molar-refractivity contribution is 7.98. The highest BCUT2D eigenvalue weighted by atomic mass is 32.2. The number of pyridine rings is 1. The number of nitrogens with zero attached hydrogens (tertiary/aromatic N) is 5. The van der Waals surface area contributed by atoms with Gasteiger partial charge in [-0.05, 0) is 12.1 Å². The van der Waals surface area contributed by atoms with Crippen molar-refractivity contribution in [2.45, 2.75) is 17.1 Å². The number of halogens is 3. The predicted molar refractivity (Wildman–Crippen MR) is 84.5 cm³/mol. The van der Waals surface area contributed by atoms with E-state index in [1.54, 1.807) is 0 Å². The molecule has 0 amide bonds. The zero-order chi connectivity index (χ0) is 18.4. The zero-order valence-corrected chi connectivity index (χ0v) is 13.9. The monoisotopic (exact) mass is 371 g/mol. The average molecular weight is 371 g/mol. The Morgan fingerprint density at radius 3 is 2.52 bits per heavy atom. The first-order valence-corrected chi connectivity index (χ1v) is 7.98. The average Bonchev–Trinajstić information content (AvgIpc) is 2.96. The lowest BCUT2D eigenvalue weighted by Gasteiger charge is -2.09. The van der Waals surface area contributed by atoms with E-state index in [2.05, 4.69) is 10.2 Å². The summed E-state index contributed by atoms with van der Waals surface area (Å²) in [6.07, 6.45) is -3.56. The second-order valence-electron chi connectivity index (χ2n) is 5.29. The van der Waals surface area contributed by atoms with Crippen LogP contribution >= 0.6 is 11.8 Å². The van der Waals surface area contributed by atoms with Crippen LogP contribution in [0.15, 0.2) is 39.1 Å². The molecule has 3 aromatic heterocycles. The molecule has 0 radical (unpaired) electrons. The van der Waals surface area contributed by atoms with Crippen molar-refractivity contribution in [1.29, 1.82) is 0 Å². The Morgan fingerprint density at radius 2 is 1.84 bits per heavy atom. The van der Waals surface area contributed by atoms with E-state index in [1.807, 2.05) is 0 Å². The van der Waals surface area contributed by atoms with Crippen molar-refractivity contribution in [3.05, 3.63) is 56.5 Å². The second-order valence-corrected chi connectivity index (χ2v) is 6.23. The van der Waals surface area contributed by atoms with Gasteiger partial charge < -0.3 is 0 Å². The number of aromatic nitrogens is 5. The molecule has 0 N–H and O–H groups in total. The third-order valence-electron chi connectivity index (χ3n) is 3.67. The molecule has 3 heterocycles. The smallest absolute Gasteiger partial charge is 0.300 e. The molecule has 0 aliphatic heterocycles. The Morgan fingerprint density at radius 1 is 1.12 bits per heavy atom. The largest absolute Gasteiger partial charge is 0.417 e. The second kappa shape index (κ2) is 6.06. The number of fused-ring (bicyclic) bond motifs is 1. The van der Waals surface area contributed by atoms with Crippen LogP contribution in [0.25, 0.3) is 5.65 Å². The maximum absolute atomic E-state index is 12.8. The minimum atomic E-state index is -4.48. The molecule has 3 aromatic rings. The van der Waals surface area contributed by atoms with Crippen molar-refractivity contribution in [3.8, 4) is 0 Å². The van der Waals surface area contributed by atoms with Crippen LogP contribution in [-0.2, 0) is 26.0 Å². The number of hydrogen-bond donors (Lipinski definition) is 0. The summed E-state index contributed by atoms with van der Waals surface area (Å²) in [6, 6.07) is 3.47. The molecular weight excluding hydrogens is 359 g/mol. The lowest BCUT2D eigenvalue weighted by molar-refractivity contribution is -0.137. The van der Waals surface area contributed by atoms with Crippen LogP contribution < -0.4 is 11.2 Å². The summed E-state index contributed by atoms with van der Waals surface area (Å²) < 4.78 is 42.0. The van der Waals surface area contributed by atoms with Crippen LogP contribution in [0.2, 0.25) is 0 Å². The fraction of sp³-hybridized carbons (Fsp3) is 0.286. The van der Waals surface area contributed by atoms with Gasteiger partial charge in [0.2, 0.25) is 0 Å². The molecule has 3 rings (SSSR count). The Bertz CT molecular complexity index is 1070. The van der Waals surface area contributed by atoms with E-state index < -0.39 is 23.0 Å². The van der Waals surface area contributed by atoms with Gasteiger partial charge in [-0.3, -0.25) is 18.3 Å². The van der Waals surface area contributed by atoms with Crippen LogP contribution in [-0.4, -0.2) is 23.7 Å². The number of thioether (sulfide) groups is 1. The van der Waals surface area contributed by atoms with Gasteiger partial charge in [0.15, 0.2) is 10.8 Å². The van der Waals surface area contributed by atoms with Gasteiger partial charge >= 0.3 is 11.9 Å². The summed E-state index contributed by atoms with van der Waals surface area (Å²) in [4.78, 5) is 23.6. The van der Waals surface area contributed by atoms with E-state index in [0.717, 1.165) is 28.6 Å². The third kappa shape index (κ3) is 3.18. The van der Waals surface area contributed by atoms with Gasteiger partial charge in [0.1, 0.15) is 0 Å².